The first-order chi connectivity index (χ1) is 9.39. The fourth-order valence-corrected chi connectivity index (χ4v) is 3.34. The summed E-state index contributed by atoms with van der Waals surface area (Å²) in [5, 5.41) is 15.4. The molecule has 2 rings (SSSR count). The van der Waals surface area contributed by atoms with Crippen LogP contribution in [0, 0.1) is 5.41 Å². The first-order valence-corrected chi connectivity index (χ1v) is 7.90. The minimum absolute atomic E-state index is 0.0449. The fourth-order valence-electron chi connectivity index (χ4n) is 2.64. The number of ether oxygens (including phenoxy) is 1. The van der Waals surface area contributed by atoms with Crippen molar-refractivity contribution >= 4 is 17.2 Å². The molecule has 0 aliphatic heterocycles. The summed E-state index contributed by atoms with van der Waals surface area (Å²) >= 11 is 1.57. The van der Waals surface area contributed by atoms with Gasteiger partial charge in [0.15, 0.2) is 0 Å². The number of aliphatic hydroxyl groups is 1. The Morgan fingerprint density at radius 1 is 1.60 bits per heavy atom. The van der Waals surface area contributed by atoms with Gasteiger partial charge in [0, 0.05) is 29.9 Å². The van der Waals surface area contributed by atoms with E-state index in [0.29, 0.717) is 19.4 Å². The number of thiophene rings is 1. The molecule has 1 aliphatic carbocycles. The molecule has 1 heterocycles. The van der Waals surface area contributed by atoms with Crippen molar-refractivity contribution in [3.63, 3.8) is 0 Å². The highest BCUT2D eigenvalue weighted by molar-refractivity contribution is 7.10. The lowest BCUT2D eigenvalue weighted by Gasteiger charge is -2.57. The molecule has 0 aromatic carbocycles. The Labute approximate surface area is 124 Å². The summed E-state index contributed by atoms with van der Waals surface area (Å²) in [4.78, 5) is 12.9. The largest absolute Gasteiger partial charge is 0.387 e. The molecule has 2 atom stereocenters. The Morgan fingerprint density at radius 2 is 2.35 bits per heavy atom. The van der Waals surface area contributed by atoms with Crippen molar-refractivity contribution in [3.8, 4) is 0 Å². The molecule has 112 valence electrons. The van der Waals surface area contributed by atoms with Crippen LogP contribution in [0.15, 0.2) is 17.5 Å². The monoisotopic (exact) mass is 297 g/mol. The van der Waals surface area contributed by atoms with Gasteiger partial charge in [0.05, 0.1) is 18.1 Å². The van der Waals surface area contributed by atoms with Crippen molar-refractivity contribution in [1.29, 1.82) is 0 Å². The van der Waals surface area contributed by atoms with Crippen LogP contribution in [0.3, 0.4) is 0 Å². The van der Waals surface area contributed by atoms with Crippen LogP contribution >= 0.6 is 11.3 Å². The molecule has 0 bridgehead atoms. The van der Waals surface area contributed by atoms with Crippen LogP contribution in [0.1, 0.15) is 32.1 Å². The van der Waals surface area contributed by atoms with Gasteiger partial charge in [-0.05, 0) is 18.4 Å². The van der Waals surface area contributed by atoms with E-state index in [-0.39, 0.29) is 24.0 Å². The van der Waals surface area contributed by atoms with Gasteiger partial charge in [0.25, 0.3) is 0 Å². The summed E-state index contributed by atoms with van der Waals surface area (Å²) in [6.45, 7) is 6.86. The minimum Gasteiger partial charge on any atom is -0.387 e. The third kappa shape index (κ3) is 2.90. The average molecular weight is 297 g/mol. The normalized spacial score (nSPS) is 27.9. The van der Waals surface area contributed by atoms with E-state index in [2.05, 4.69) is 5.32 Å². The Hall–Kier alpha value is -0.910. The molecule has 1 amide bonds. The fraction of sp³-hybridized carbons (Fsp3) is 0.667. The molecule has 0 radical (unpaired) electrons. The molecule has 0 saturated heterocycles. The van der Waals surface area contributed by atoms with Gasteiger partial charge in [-0.15, -0.1) is 11.3 Å². The van der Waals surface area contributed by atoms with Crippen molar-refractivity contribution in [2.45, 2.75) is 45.3 Å². The number of carbonyl (C=O) groups excluding carboxylic acids is 1. The maximum atomic E-state index is 11.9. The topological polar surface area (TPSA) is 58.6 Å². The van der Waals surface area contributed by atoms with E-state index in [1.807, 2.05) is 38.3 Å². The predicted molar refractivity (Wildman–Crippen MR) is 79.8 cm³/mol. The lowest BCUT2D eigenvalue weighted by Crippen LogP contribution is -2.68. The van der Waals surface area contributed by atoms with E-state index in [9.17, 15) is 9.90 Å². The second-order valence-electron chi connectivity index (χ2n) is 5.93. The first-order valence-electron chi connectivity index (χ1n) is 7.02. The molecule has 4 nitrogen and oxygen atoms in total. The molecule has 1 aliphatic rings. The van der Waals surface area contributed by atoms with Crippen molar-refractivity contribution in [3.05, 3.63) is 22.4 Å². The van der Waals surface area contributed by atoms with Crippen molar-refractivity contribution in [2.75, 3.05) is 13.2 Å². The second-order valence-corrected chi connectivity index (χ2v) is 6.97. The van der Waals surface area contributed by atoms with Crippen LogP contribution in [0.2, 0.25) is 0 Å². The molecule has 2 N–H and O–H groups in total. The highest BCUT2D eigenvalue weighted by atomic mass is 32.1. The van der Waals surface area contributed by atoms with Gasteiger partial charge in [0.1, 0.15) is 0 Å². The Morgan fingerprint density at radius 3 is 2.90 bits per heavy atom. The van der Waals surface area contributed by atoms with Crippen LogP contribution in [0.25, 0.3) is 0 Å². The average Bonchev–Trinajstić information content (AvgIpc) is 2.89. The molecular weight excluding hydrogens is 274 g/mol. The van der Waals surface area contributed by atoms with Gasteiger partial charge in [-0.2, -0.15) is 0 Å². The smallest absolute Gasteiger partial charge is 0.225 e. The maximum Gasteiger partial charge on any atom is 0.225 e. The van der Waals surface area contributed by atoms with E-state index < -0.39 is 5.60 Å². The maximum absolute atomic E-state index is 11.9. The molecule has 1 aromatic rings. The molecular formula is C15H23NO3S. The lowest BCUT2D eigenvalue weighted by atomic mass is 9.56. The number of amides is 1. The summed E-state index contributed by atoms with van der Waals surface area (Å²) in [6.07, 6.45) is 1.02. The highest BCUT2D eigenvalue weighted by Crippen LogP contribution is 2.50. The van der Waals surface area contributed by atoms with Gasteiger partial charge < -0.3 is 15.2 Å². The van der Waals surface area contributed by atoms with E-state index in [0.717, 1.165) is 4.88 Å². The number of rotatable bonds is 6. The molecule has 1 saturated carbocycles. The first kappa shape index (κ1) is 15.5. The van der Waals surface area contributed by atoms with E-state index in [1.54, 1.807) is 11.3 Å². The standard InChI is InChI=1S/C15H23NO3S/c1-4-19-12-9-15(18,14(12,2)3)10-16-13(17)8-11-6-5-7-20-11/h5-7,12,18H,4,8-10H2,1-3H3,(H,16,17)/t12-,15-/m1/s1. The Kier molecular flexibility index (Phi) is 4.52. The third-order valence-electron chi connectivity index (χ3n) is 4.39. The minimum atomic E-state index is -0.877. The van der Waals surface area contributed by atoms with Gasteiger partial charge in [-0.25, -0.2) is 0 Å². The number of nitrogens with one attached hydrogen (secondary N) is 1. The van der Waals surface area contributed by atoms with Gasteiger partial charge in [-0.1, -0.05) is 19.9 Å². The number of hydrogen-bond donors (Lipinski definition) is 2. The van der Waals surface area contributed by atoms with Crippen LogP contribution in [-0.2, 0) is 16.0 Å². The highest BCUT2D eigenvalue weighted by Gasteiger charge is 2.59. The predicted octanol–water partition coefficient (Wildman–Crippen LogP) is 1.97. The van der Waals surface area contributed by atoms with Crippen molar-refractivity contribution < 1.29 is 14.6 Å². The zero-order valence-electron chi connectivity index (χ0n) is 12.3. The molecule has 20 heavy (non-hydrogen) atoms. The van der Waals surface area contributed by atoms with Crippen molar-refractivity contribution in [1.82, 2.24) is 5.32 Å². The molecule has 0 spiro atoms. The Balaban J connectivity index is 1.83. The van der Waals surface area contributed by atoms with E-state index in [1.165, 1.54) is 0 Å². The SMILES string of the molecule is CCO[C@@H]1C[C@@](O)(CNC(=O)Cc2cccs2)C1(C)C. The molecule has 5 heteroatoms. The summed E-state index contributed by atoms with van der Waals surface area (Å²) < 4.78 is 5.61. The zero-order valence-corrected chi connectivity index (χ0v) is 13.1. The lowest BCUT2D eigenvalue weighted by molar-refractivity contribution is -0.238. The van der Waals surface area contributed by atoms with E-state index in [4.69, 9.17) is 4.74 Å². The summed E-state index contributed by atoms with van der Waals surface area (Å²) in [7, 11) is 0. The number of carbonyl (C=O) groups is 1. The summed E-state index contributed by atoms with van der Waals surface area (Å²) in [6, 6.07) is 3.87. The van der Waals surface area contributed by atoms with Crippen LogP contribution < -0.4 is 5.32 Å². The summed E-state index contributed by atoms with van der Waals surface area (Å²) in [5.41, 5.74) is -1.21. The second kappa shape index (κ2) is 5.84. The van der Waals surface area contributed by atoms with Gasteiger partial charge in [0.2, 0.25) is 5.91 Å². The number of hydrogen-bond acceptors (Lipinski definition) is 4. The van der Waals surface area contributed by atoms with Gasteiger partial charge >= 0.3 is 0 Å². The third-order valence-corrected chi connectivity index (χ3v) is 5.26. The zero-order chi connectivity index (χ0) is 14.8. The van der Waals surface area contributed by atoms with Crippen LogP contribution in [-0.4, -0.2) is 35.9 Å². The molecule has 1 aromatic heterocycles. The quantitative estimate of drug-likeness (QED) is 0.844. The molecule has 1 fully saturated rings. The van der Waals surface area contributed by atoms with Crippen LogP contribution in [0.5, 0.6) is 0 Å². The summed E-state index contributed by atoms with van der Waals surface area (Å²) in [5.74, 6) is -0.0449. The van der Waals surface area contributed by atoms with E-state index >= 15 is 0 Å². The Bertz CT molecular complexity index is 458. The van der Waals surface area contributed by atoms with Gasteiger partial charge in [-0.3, -0.25) is 4.79 Å². The van der Waals surface area contributed by atoms with Crippen molar-refractivity contribution in [2.24, 2.45) is 5.41 Å². The molecule has 0 unspecified atom stereocenters. The van der Waals surface area contributed by atoms with Crippen LogP contribution in [0.4, 0.5) is 0 Å².